The van der Waals surface area contributed by atoms with Crippen LogP contribution in [0.15, 0.2) is 46.9 Å². The molecule has 2 nitrogen and oxygen atoms in total. The van der Waals surface area contributed by atoms with Crippen LogP contribution in [0.5, 0.6) is 11.5 Å². The average Bonchev–Trinajstić information content (AvgIpc) is 2.49. The van der Waals surface area contributed by atoms with Gasteiger partial charge < -0.3 is 9.47 Å². The summed E-state index contributed by atoms with van der Waals surface area (Å²) in [5.74, 6) is 1.51. The molecule has 2 aromatic rings. The van der Waals surface area contributed by atoms with Gasteiger partial charge in [-0.1, -0.05) is 46.3 Å². The van der Waals surface area contributed by atoms with Gasteiger partial charge >= 0.3 is 0 Å². The lowest BCUT2D eigenvalue weighted by molar-refractivity contribution is 0.295. The molecule has 0 N–H and O–H groups in total. The Labute approximate surface area is 136 Å². The molecule has 0 fully saturated rings. The Kier molecular flexibility index (Phi) is 5.92. The summed E-state index contributed by atoms with van der Waals surface area (Å²) in [5.41, 5.74) is 2.41. The van der Waals surface area contributed by atoms with Crippen molar-refractivity contribution in [3.05, 3.63) is 58.1 Å². The van der Waals surface area contributed by atoms with Gasteiger partial charge in [0.05, 0.1) is 18.2 Å². The largest absolute Gasteiger partial charge is 0.493 e. The first kappa shape index (κ1) is 15.4. The molecule has 0 aliphatic rings. The second kappa shape index (κ2) is 7.70. The molecule has 2 rings (SSSR count). The van der Waals surface area contributed by atoms with Crippen molar-refractivity contribution < 1.29 is 9.47 Å². The van der Waals surface area contributed by atoms with Gasteiger partial charge in [0.25, 0.3) is 0 Å². The molecule has 20 heavy (non-hydrogen) atoms. The topological polar surface area (TPSA) is 18.5 Å². The fourth-order valence-corrected chi connectivity index (χ4v) is 2.83. The molecule has 0 aliphatic heterocycles. The molecule has 0 unspecified atom stereocenters. The molecular formula is C16H16Br2O2. The van der Waals surface area contributed by atoms with Crippen LogP contribution in [0.1, 0.15) is 11.1 Å². The number of hydrogen-bond donors (Lipinski definition) is 0. The minimum Gasteiger partial charge on any atom is -0.493 e. The highest BCUT2D eigenvalue weighted by Gasteiger charge is 2.11. The third-order valence-electron chi connectivity index (χ3n) is 2.92. The molecule has 0 aromatic heterocycles. The number of rotatable bonds is 6. The zero-order valence-corrected chi connectivity index (χ0v) is 14.4. The summed E-state index contributed by atoms with van der Waals surface area (Å²) < 4.78 is 12.2. The fourth-order valence-electron chi connectivity index (χ4n) is 1.91. The predicted octanol–water partition coefficient (Wildman–Crippen LogP) is 4.97. The normalized spacial score (nSPS) is 10.3. The summed E-state index contributed by atoms with van der Waals surface area (Å²) in [5, 5.41) is 0.784. The molecule has 0 heterocycles. The van der Waals surface area contributed by atoms with Gasteiger partial charge in [0.15, 0.2) is 11.5 Å². The molecule has 0 bridgehead atoms. The van der Waals surface area contributed by atoms with Gasteiger partial charge in [-0.05, 0) is 39.2 Å². The third kappa shape index (κ3) is 4.00. The van der Waals surface area contributed by atoms with Crippen LogP contribution < -0.4 is 9.47 Å². The van der Waals surface area contributed by atoms with Crippen LogP contribution in [-0.2, 0) is 11.8 Å². The van der Waals surface area contributed by atoms with Crippen LogP contribution in [0.3, 0.4) is 0 Å². The molecule has 0 radical (unpaired) electrons. The molecule has 4 heteroatoms. The minimum atomic E-state index is 0.618. The van der Waals surface area contributed by atoms with Crippen LogP contribution in [0, 0.1) is 0 Å². The number of hydrogen-bond acceptors (Lipinski definition) is 2. The Hall–Kier alpha value is -1.00. The van der Waals surface area contributed by atoms with E-state index in [1.807, 2.05) is 30.3 Å². The second-order valence-corrected chi connectivity index (χ2v) is 5.74. The van der Waals surface area contributed by atoms with E-state index >= 15 is 0 Å². The van der Waals surface area contributed by atoms with Crippen molar-refractivity contribution in [3.63, 3.8) is 0 Å². The molecular weight excluding hydrogens is 384 g/mol. The highest BCUT2D eigenvalue weighted by atomic mass is 79.9. The summed E-state index contributed by atoms with van der Waals surface area (Å²) >= 11 is 6.99. The first-order valence-electron chi connectivity index (χ1n) is 6.33. The Bertz CT molecular complexity index is 556. The van der Waals surface area contributed by atoms with Crippen LogP contribution in [0.2, 0.25) is 0 Å². The van der Waals surface area contributed by atoms with Crippen molar-refractivity contribution in [1.82, 2.24) is 0 Å². The Morgan fingerprint density at radius 1 is 1.05 bits per heavy atom. The van der Waals surface area contributed by atoms with Crippen molar-refractivity contribution in [2.75, 3.05) is 13.7 Å². The van der Waals surface area contributed by atoms with Crippen molar-refractivity contribution >= 4 is 31.9 Å². The van der Waals surface area contributed by atoms with Gasteiger partial charge in [-0.2, -0.15) is 0 Å². The molecule has 0 saturated carbocycles. The Morgan fingerprint density at radius 3 is 2.45 bits per heavy atom. The van der Waals surface area contributed by atoms with Gasteiger partial charge in [0.1, 0.15) is 0 Å². The van der Waals surface area contributed by atoms with E-state index in [4.69, 9.17) is 9.47 Å². The molecule has 2 aromatic carbocycles. The van der Waals surface area contributed by atoms with E-state index in [1.165, 1.54) is 5.56 Å². The quantitative estimate of drug-likeness (QED) is 0.638. The summed E-state index contributed by atoms with van der Waals surface area (Å²) in [7, 11) is 1.66. The molecule has 0 spiro atoms. The van der Waals surface area contributed by atoms with E-state index in [1.54, 1.807) is 7.11 Å². The van der Waals surface area contributed by atoms with Gasteiger partial charge in [0.2, 0.25) is 0 Å². The molecule has 0 saturated heterocycles. The molecule has 0 amide bonds. The van der Waals surface area contributed by atoms with Crippen LogP contribution >= 0.6 is 31.9 Å². The van der Waals surface area contributed by atoms with E-state index < -0.39 is 0 Å². The van der Waals surface area contributed by atoms with Gasteiger partial charge in [-0.25, -0.2) is 0 Å². The predicted molar refractivity (Wildman–Crippen MR) is 89.0 cm³/mol. The number of methoxy groups -OCH3 is 1. The number of alkyl halides is 1. The van der Waals surface area contributed by atoms with E-state index in [9.17, 15) is 0 Å². The molecule has 106 valence electrons. The highest BCUT2D eigenvalue weighted by Crippen LogP contribution is 2.37. The van der Waals surface area contributed by atoms with Crippen molar-refractivity contribution in [2.24, 2.45) is 0 Å². The van der Waals surface area contributed by atoms with Gasteiger partial charge in [0, 0.05) is 11.8 Å². The van der Waals surface area contributed by atoms with Crippen molar-refractivity contribution in [1.29, 1.82) is 0 Å². The zero-order chi connectivity index (χ0) is 14.4. The standard InChI is InChI=1S/C16H16Br2O2/c1-19-15-10-13(11-17)9-14(18)16(15)20-8-7-12-5-3-2-4-6-12/h2-6,9-10H,7-8,11H2,1H3. The second-order valence-electron chi connectivity index (χ2n) is 4.33. The van der Waals surface area contributed by atoms with Crippen LogP contribution in [0.4, 0.5) is 0 Å². The number of halogens is 2. The molecule has 0 aliphatic carbocycles. The lowest BCUT2D eigenvalue weighted by atomic mass is 10.2. The summed E-state index contributed by atoms with van der Waals surface area (Å²) in [6, 6.07) is 14.3. The van der Waals surface area contributed by atoms with Crippen LogP contribution in [-0.4, -0.2) is 13.7 Å². The molecule has 0 atom stereocenters. The maximum atomic E-state index is 5.88. The van der Waals surface area contributed by atoms with Crippen molar-refractivity contribution in [3.8, 4) is 11.5 Å². The maximum Gasteiger partial charge on any atom is 0.175 e. The fraction of sp³-hybridized carbons (Fsp3) is 0.250. The van der Waals surface area contributed by atoms with E-state index in [2.05, 4.69) is 44.0 Å². The minimum absolute atomic E-state index is 0.618. The SMILES string of the molecule is COc1cc(CBr)cc(Br)c1OCCc1ccccc1. The Balaban J connectivity index is 2.05. The smallest absolute Gasteiger partial charge is 0.175 e. The van der Waals surface area contributed by atoms with Gasteiger partial charge in [-0.15, -0.1) is 0 Å². The monoisotopic (exact) mass is 398 g/mol. The number of ether oxygens (including phenoxy) is 2. The third-order valence-corrected chi connectivity index (χ3v) is 4.16. The van der Waals surface area contributed by atoms with Crippen molar-refractivity contribution in [2.45, 2.75) is 11.8 Å². The summed E-state index contributed by atoms with van der Waals surface area (Å²) in [4.78, 5) is 0. The number of benzene rings is 2. The highest BCUT2D eigenvalue weighted by molar-refractivity contribution is 9.10. The van der Waals surface area contributed by atoms with E-state index in [-0.39, 0.29) is 0 Å². The van der Waals surface area contributed by atoms with E-state index in [0.29, 0.717) is 6.61 Å². The lowest BCUT2D eigenvalue weighted by Crippen LogP contribution is -2.03. The van der Waals surface area contributed by atoms with E-state index in [0.717, 1.165) is 33.3 Å². The summed E-state index contributed by atoms with van der Waals surface area (Å²) in [6.45, 7) is 0.618. The maximum absolute atomic E-state index is 5.88. The Morgan fingerprint density at radius 2 is 1.80 bits per heavy atom. The summed E-state index contributed by atoms with van der Waals surface area (Å²) in [6.07, 6.45) is 0.872. The first-order valence-corrected chi connectivity index (χ1v) is 8.25. The first-order chi connectivity index (χ1) is 9.74. The van der Waals surface area contributed by atoms with Crippen LogP contribution in [0.25, 0.3) is 0 Å². The average molecular weight is 400 g/mol. The lowest BCUT2D eigenvalue weighted by Gasteiger charge is -2.14. The van der Waals surface area contributed by atoms with Gasteiger partial charge in [-0.3, -0.25) is 0 Å². The zero-order valence-electron chi connectivity index (χ0n) is 11.2.